The summed E-state index contributed by atoms with van der Waals surface area (Å²) in [4.78, 5) is 13.3. The molecule has 1 amide bonds. The minimum Gasteiger partial charge on any atom is -0.394 e. The SMILES string of the molecule is [N-]=[N+]=N[C@@H]1O[C@H](CO)[C@H](O)[C@H](O)[C@H]1CC(N)=O. The third-order valence-corrected chi connectivity index (χ3v) is 2.63. The molecule has 0 aliphatic carbocycles. The zero-order chi connectivity index (χ0) is 13.0. The summed E-state index contributed by atoms with van der Waals surface area (Å²) in [5, 5.41) is 31.5. The lowest BCUT2D eigenvalue weighted by molar-refractivity contribution is -0.208. The van der Waals surface area contributed by atoms with E-state index in [1.807, 2.05) is 0 Å². The Morgan fingerprint density at radius 3 is 2.59 bits per heavy atom. The van der Waals surface area contributed by atoms with Gasteiger partial charge in [0.25, 0.3) is 0 Å². The maximum atomic E-state index is 10.8. The average Bonchev–Trinajstić information content (AvgIpc) is 2.28. The molecule has 1 rings (SSSR count). The first-order valence-electron chi connectivity index (χ1n) is 4.96. The van der Waals surface area contributed by atoms with Crippen LogP contribution in [-0.4, -0.2) is 52.4 Å². The Labute approximate surface area is 96.4 Å². The van der Waals surface area contributed by atoms with E-state index in [2.05, 4.69) is 10.0 Å². The van der Waals surface area contributed by atoms with Gasteiger partial charge in [-0.3, -0.25) is 4.79 Å². The van der Waals surface area contributed by atoms with E-state index in [1.54, 1.807) is 0 Å². The highest BCUT2D eigenvalue weighted by atomic mass is 16.5. The molecule has 5 atom stereocenters. The number of nitrogens with zero attached hydrogens (tertiary/aromatic N) is 3. The fraction of sp³-hybridized carbons (Fsp3) is 0.875. The minimum absolute atomic E-state index is 0.292. The van der Waals surface area contributed by atoms with Crippen LogP contribution in [0.1, 0.15) is 6.42 Å². The van der Waals surface area contributed by atoms with Gasteiger partial charge in [0.2, 0.25) is 5.91 Å². The van der Waals surface area contributed by atoms with Crippen molar-refractivity contribution in [1.82, 2.24) is 0 Å². The van der Waals surface area contributed by atoms with E-state index in [-0.39, 0.29) is 6.42 Å². The van der Waals surface area contributed by atoms with Gasteiger partial charge < -0.3 is 25.8 Å². The third-order valence-electron chi connectivity index (χ3n) is 2.63. The van der Waals surface area contributed by atoms with Crippen molar-refractivity contribution >= 4 is 5.91 Å². The largest absolute Gasteiger partial charge is 0.394 e. The number of azide groups is 1. The van der Waals surface area contributed by atoms with Crippen LogP contribution >= 0.6 is 0 Å². The van der Waals surface area contributed by atoms with Gasteiger partial charge in [-0.15, -0.1) is 0 Å². The van der Waals surface area contributed by atoms with Gasteiger partial charge in [-0.2, -0.15) is 0 Å². The number of hydrogen-bond donors (Lipinski definition) is 4. The van der Waals surface area contributed by atoms with Crippen molar-refractivity contribution in [1.29, 1.82) is 0 Å². The van der Waals surface area contributed by atoms with Crippen LogP contribution in [0.25, 0.3) is 10.4 Å². The molecular weight excluding hydrogens is 232 g/mol. The number of aliphatic hydroxyl groups is 3. The van der Waals surface area contributed by atoms with Gasteiger partial charge in [0.15, 0.2) is 0 Å². The molecule has 5 N–H and O–H groups in total. The molecule has 0 aromatic heterocycles. The van der Waals surface area contributed by atoms with Crippen LogP contribution in [0.2, 0.25) is 0 Å². The molecule has 0 aromatic rings. The Hall–Kier alpha value is -1.38. The molecule has 0 aromatic carbocycles. The van der Waals surface area contributed by atoms with E-state index in [4.69, 9.17) is 21.1 Å². The number of hydrogen-bond acceptors (Lipinski definition) is 6. The molecule has 1 heterocycles. The molecule has 0 bridgehead atoms. The highest BCUT2D eigenvalue weighted by Crippen LogP contribution is 2.29. The quantitative estimate of drug-likeness (QED) is 0.261. The van der Waals surface area contributed by atoms with Gasteiger partial charge in [-0.1, -0.05) is 5.11 Å². The van der Waals surface area contributed by atoms with Gasteiger partial charge in [0.1, 0.15) is 18.4 Å². The number of aliphatic hydroxyl groups excluding tert-OH is 3. The Bertz CT molecular complexity index is 332. The third kappa shape index (κ3) is 3.05. The van der Waals surface area contributed by atoms with Crippen LogP contribution < -0.4 is 5.73 Å². The zero-order valence-electron chi connectivity index (χ0n) is 8.88. The molecule has 1 saturated heterocycles. The highest BCUT2D eigenvalue weighted by Gasteiger charge is 2.44. The number of ether oxygens (including phenoxy) is 1. The Kier molecular flexibility index (Phi) is 4.67. The van der Waals surface area contributed by atoms with E-state index in [9.17, 15) is 15.0 Å². The van der Waals surface area contributed by atoms with Crippen molar-refractivity contribution in [3.63, 3.8) is 0 Å². The smallest absolute Gasteiger partial charge is 0.217 e. The molecule has 0 saturated carbocycles. The predicted molar refractivity (Wildman–Crippen MR) is 54.2 cm³/mol. The normalized spacial score (nSPS) is 37.2. The summed E-state index contributed by atoms with van der Waals surface area (Å²) < 4.78 is 5.08. The van der Waals surface area contributed by atoms with Crippen molar-refractivity contribution in [2.45, 2.75) is 31.0 Å². The molecule has 1 fully saturated rings. The average molecular weight is 246 g/mol. The van der Waals surface area contributed by atoms with E-state index in [1.165, 1.54) is 0 Å². The van der Waals surface area contributed by atoms with E-state index >= 15 is 0 Å². The van der Waals surface area contributed by atoms with Crippen LogP contribution in [0, 0.1) is 5.92 Å². The molecule has 96 valence electrons. The van der Waals surface area contributed by atoms with Crippen LogP contribution in [-0.2, 0) is 9.53 Å². The number of carbonyl (C=O) groups excluding carboxylic acids is 1. The van der Waals surface area contributed by atoms with Crippen molar-refractivity contribution in [3.8, 4) is 0 Å². The van der Waals surface area contributed by atoms with E-state index in [0.717, 1.165) is 0 Å². The highest BCUT2D eigenvalue weighted by molar-refractivity contribution is 5.74. The number of primary amides is 1. The lowest BCUT2D eigenvalue weighted by atomic mass is 9.87. The minimum atomic E-state index is -1.37. The molecule has 0 unspecified atom stereocenters. The zero-order valence-corrected chi connectivity index (χ0v) is 8.88. The standard InChI is InChI=1S/C8H14N4O5/c9-5(14)1-3-6(15)7(16)4(2-13)17-8(3)11-12-10/h3-4,6-8,13,15-16H,1-2H2,(H2,9,14)/t3-,4-,6-,7+,8-/m1/s1. The predicted octanol–water partition coefficient (Wildman–Crippen LogP) is -1.77. The van der Waals surface area contributed by atoms with Gasteiger partial charge in [-0.25, -0.2) is 0 Å². The second kappa shape index (κ2) is 5.80. The van der Waals surface area contributed by atoms with Crippen molar-refractivity contribution in [3.05, 3.63) is 10.4 Å². The monoisotopic (exact) mass is 246 g/mol. The summed E-state index contributed by atoms with van der Waals surface area (Å²) >= 11 is 0. The summed E-state index contributed by atoms with van der Waals surface area (Å²) in [5.41, 5.74) is 13.3. The summed E-state index contributed by atoms with van der Waals surface area (Å²) in [7, 11) is 0. The maximum absolute atomic E-state index is 10.8. The van der Waals surface area contributed by atoms with Crippen LogP contribution in [0.4, 0.5) is 0 Å². The second-order valence-electron chi connectivity index (χ2n) is 3.77. The first-order valence-corrected chi connectivity index (χ1v) is 4.96. The number of nitrogens with two attached hydrogens (primary N) is 1. The molecule has 0 radical (unpaired) electrons. The molecular formula is C8H14N4O5. The molecule has 1 aliphatic rings. The molecule has 1 aliphatic heterocycles. The van der Waals surface area contributed by atoms with Crippen molar-refractivity contribution in [2.75, 3.05) is 6.61 Å². The van der Waals surface area contributed by atoms with Crippen LogP contribution in [0.15, 0.2) is 5.11 Å². The summed E-state index contributed by atoms with van der Waals surface area (Å²) in [6, 6.07) is 0. The fourth-order valence-corrected chi connectivity index (χ4v) is 1.77. The van der Waals surface area contributed by atoms with Gasteiger partial charge in [0.05, 0.1) is 12.7 Å². The Morgan fingerprint density at radius 1 is 1.47 bits per heavy atom. The van der Waals surface area contributed by atoms with Gasteiger partial charge in [0, 0.05) is 17.3 Å². The van der Waals surface area contributed by atoms with Crippen LogP contribution in [0.3, 0.4) is 0 Å². The lowest BCUT2D eigenvalue weighted by Crippen LogP contribution is -2.55. The first-order chi connectivity index (χ1) is 8.01. The fourth-order valence-electron chi connectivity index (χ4n) is 1.77. The van der Waals surface area contributed by atoms with Crippen molar-refractivity contribution < 1.29 is 24.9 Å². The van der Waals surface area contributed by atoms with Gasteiger partial charge in [-0.05, 0) is 5.53 Å². The summed E-state index contributed by atoms with van der Waals surface area (Å²) in [6.45, 7) is -0.543. The molecule has 0 spiro atoms. The van der Waals surface area contributed by atoms with Crippen molar-refractivity contribution in [2.24, 2.45) is 16.8 Å². The number of amides is 1. The molecule has 9 nitrogen and oxygen atoms in total. The van der Waals surface area contributed by atoms with Crippen LogP contribution in [0.5, 0.6) is 0 Å². The molecule has 17 heavy (non-hydrogen) atoms. The summed E-state index contributed by atoms with van der Waals surface area (Å²) in [6.07, 6.45) is -5.23. The first kappa shape index (κ1) is 13.7. The topological polar surface area (TPSA) is 162 Å². The maximum Gasteiger partial charge on any atom is 0.217 e. The lowest BCUT2D eigenvalue weighted by Gasteiger charge is -2.40. The Morgan fingerprint density at radius 2 is 2.12 bits per heavy atom. The number of carbonyl (C=O) groups is 1. The van der Waals surface area contributed by atoms with Gasteiger partial charge >= 0.3 is 0 Å². The second-order valence-corrected chi connectivity index (χ2v) is 3.77. The Balaban J connectivity index is 2.90. The van der Waals surface area contributed by atoms with E-state index in [0.29, 0.717) is 0 Å². The van der Waals surface area contributed by atoms with E-state index < -0.39 is 43.0 Å². The molecule has 9 heteroatoms. The summed E-state index contributed by atoms with van der Waals surface area (Å²) in [5.74, 6) is -1.65. The number of rotatable bonds is 4.